The van der Waals surface area contributed by atoms with Gasteiger partial charge in [-0.2, -0.15) is 0 Å². The SMILES string of the molecule is COC1=CC2C(N3CCC(C)CC3)=C(C(C)N)C(NC(C)P)=NC2C(C)=C1. The first-order valence-electron chi connectivity index (χ1n) is 10.1. The van der Waals surface area contributed by atoms with Crippen molar-refractivity contribution >= 4 is 15.1 Å². The van der Waals surface area contributed by atoms with E-state index >= 15 is 0 Å². The van der Waals surface area contributed by atoms with E-state index in [0.29, 0.717) is 0 Å². The first-order valence-corrected chi connectivity index (χ1v) is 10.8. The van der Waals surface area contributed by atoms with E-state index in [1.54, 1.807) is 7.11 Å². The molecule has 6 heteroatoms. The van der Waals surface area contributed by atoms with Gasteiger partial charge in [0.2, 0.25) is 0 Å². The van der Waals surface area contributed by atoms with Crippen LogP contribution in [-0.2, 0) is 4.74 Å². The molecular weight excluding hydrogens is 355 g/mol. The first-order chi connectivity index (χ1) is 12.8. The molecule has 0 spiro atoms. The molecule has 5 unspecified atom stereocenters. The average Bonchev–Trinajstić information content (AvgIpc) is 2.61. The number of piperidine rings is 1. The molecule has 0 amide bonds. The second kappa shape index (κ2) is 8.36. The summed E-state index contributed by atoms with van der Waals surface area (Å²) in [6.45, 7) is 10.9. The summed E-state index contributed by atoms with van der Waals surface area (Å²) in [7, 11) is 4.55. The molecule has 5 nitrogen and oxygen atoms in total. The van der Waals surface area contributed by atoms with Gasteiger partial charge in [-0.1, -0.05) is 6.92 Å². The van der Waals surface area contributed by atoms with Crippen molar-refractivity contribution < 1.29 is 4.74 Å². The molecule has 0 aromatic rings. The summed E-state index contributed by atoms with van der Waals surface area (Å²) in [4.78, 5) is 7.67. The van der Waals surface area contributed by atoms with Crippen LogP contribution in [0.25, 0.3) is 0 Å². The molecule has 2 heterocycles. The van der Waals surface area contributed by atoms with E-state index in [4.69, 9.17) is 15.5 Å². The normalized spacial score (nSPS) is 28.7. The second-order valence-corrected chi connectivity index (χ2v) is 9.30. The minimum Gasteiger partial charge on any atom is -0.497 e. The molecular formula is C21H35N4OP. The zero-order valence-electron chi connectivity index (χ0n) is 17.3. The Morgan fingerprint density at radius 3 is 2.56 bits per heavy atom. The molecule has 0 saturated carbocycles. The molecule has 0 radical (unpaired) electrons. The number of fused-ring (bicyclic) bond motifs is 1. The topological polar surface area (TPSA) is 62.9 Å². The van der Waals surface area contributed by atoms with E-state index in [2.05, 4.69) is 59.3 Å². The van der Waals surface area contributed by atoms with Crippen LogP contribution in [0.5, 0.6) is 0 Å². The average molecular weight is 391 g/mol. The Kier molecular flexibility index (Phi) is 6.32. The number of hydrogen-bond acceptors (Lipinski definition) is 5. The lowest BCUT2D eigenvalue weighted by Crippen LogP contribution is -2.48. The van der Waals surface area contributed by atoms with Crippen LogP contribution in [0.1, 0.15) is 40.5 Å². The van der Waals surface area contributed by atoms with E-state index in [-0.39, 0.29) is 23.8 Å². The number of dihydropyridines is 1. The van der Waals surface area contributed by atoms with Gasteiger partial charge in [-0.25, -0.2) is 0 Å². The number of ether oxygens (including phenoxy) is 1. The number of rotatable bonds is 4. The number of amidine groups is 1. The van der Waals surface area contributed by atoms with Crippen LogP contribution in [-0.4, -0.2) is 48.8 Å². The molecule has 1 fully saturated rings. The molecule has 0 bridgehead atoms. The van der Waals surface area contributed by atoms with E-state index in [1.807, 2.05) is 0 Å². The lowest BCUT2D eigenvalue weighted by molar-refractivity contribution is 0.212. The number of nitrogens with one attached hydrogen (secondary N) is 1. The van der Waals surface area contributed by atoms with Crippen molar-refractivity contribution in [2.75, 3.05) is 20.2 Å². The zero-order chi connectivity index (χ0) is 19.7. The molecule has 150 valence electrons. The van der Waals surface area contributed by atoms with Gasteiger partial charge in [-0.05, 0) is 57.3 Å². The summed E-state index contributed by atoms with van der Waals surface area (Å²) < 4.78 is 5.60. The van der Waals surface area contributed by atoms with E-state index in [1.165, 1.54) is 24.1 Å². The number of nitrogens with two attached hydrogens (primary N) is 1. The Morgan fingerprint density at radius 1 is 1.33 bits per heavy atom. The fourth-order valence-electron chi connectivity index (χ4n) is 4.37. The quantitative estimate of drug-likeness (QED) is 0.725. The molecule has 1 aliphatic carbocycles. The lowest BCUT2D eigenvalue weighted by atomic mass is 9.79. The van der Waals surface area contributed by atoms with Gasteiger partial charge in [0, 0.05) is 42.1 Å². The van der Waals surface area contributed by atoms with Crippen LogP contribution in [0.15, 0.2) is 39.7 Å². The highest BCUT2D eigenvalue weighted by Crippen LogP contribution is 2.39. The van der Waals surface area contributed by atoms with E-state index < -0.39 is 0 Å². The van der Waals surface area contributed by atoms with Crippen LogP contribution >= 0.6 is 9.24 Å². The van der Waals surface area contributed by atoms with Crippen LogP contribution in [0.3, 0.4) is 0 Å². The predicted molar refractivity (Wildman–Crippen MR) is 117 cm³/mol. The van der Waals surface area contributed by atoms with Crippen LogP contribution in [0.2, 0.25) is 0 Å². The van der Waals surface area contributed by atoms with Crippen molar-refractivity contribution in [3.8, 4) is 0 Å². The van der Waals surface area contributed by atoms with Gasteiger partial charge in [0.25, 0.3) is 0 Å². The smallest absolute Gasteiger partial charge is 0.128 e. The Balaban J connectivity index is 2.11. The van der Waals surface area contributed by atoms with Gasteiger partial charge in [0.05, 0.1) is 13.2 Å². The highest BCUT2D eigenvalue weighted by atomic mass is 31.0. The molecule has 1 saturated heterocycles. The fourth-order valence-corrected chi connectivity index (χ4v) is 4.52. The summed E-state index contributed by atoms with van der Waals surface area (Å²) in [5, 5.41) is 3.54. The van der Waals surface area contributed by atoms with Gasteiger partial charge in [0.1, 0.15) is 11.6 Å². The highest BCUT2D eigenvalue weighted by molar-refractivity contribution is 7.17. The molecule has 27 heavy (non-hydrogen) atoms. The zero-order valence-corrected chi connectivity index (χ0v) is 18.5. The highest BCUT2D eigenvalue weighted by Gasteiger charge is 2.39. The second-order valence-electron chi connectivity index (χ2n) is 8.30. The number of nitrogens with zero attached hydrogens (tertiary/aromatic N) is 2. The molecule has 0 aromatic heterocycles. The minimum atomic E-state index is -0.0825. The predicted octanol–water partition coefficient (Wildman–Crippen LogP) is 3.02. The van der Waals surface area contributed by atoms with Crippen molar-refractivity contribution in [2.24, 2.45) is 22.6 Å². The molecule has 3 aliphatic rings. The number of likely N-dealkylation sites (tertiary alicyclic amines) is 1. The van der Waals surface area contributed by atoms with Gasteiger partial charge in [-0.15, -0.1) is 9.24 Å². The standard InChI is InChI=1S/C21H35N4OP/c1-12-6-8-25(9-7-12)20-17-11-16(26-5)10-13(2)19(17)24-21(23-15(4)27)18(20)14(3)22/h10-12,14-15,17,19H,6-9,22,27H2,1-5H3,(H,23,24). The van der Waals surface area contributed by atoms with Crippen LogP contribution in [0.4, 0.5) is 0 Å². The Labute approximate surface area is 166 Å². The minimum absolute atomic E-state index is 0.0825. The third-order valence-electron chi connectivity index (χ3n) is 5.82. The number of hydrogen-bond donors (Lipinski definition) is 2. The third kappa shape index (κ3) is 4.25. The van der Waals surface area contributed by atoms with Gasteiger partial charge < -0.3 is 20.7 Å². The van der Waals surface area contributed by atoms with Gasteiger partial charge >= 0.3 is 0 Å². The monoisotopic (exact) mass is 390 g/mol. The molecule has 3 N–H and O–H groups in total. The Morgan fingerprint density at radius 2 is 2.00 bits per heavy atom. The molecule has 3 rings (SSSR count). The first kappa shape index (κ1) is 20.4. The van der Waals surface area contributed by atoms with Crippen molar-refractivity contribution in [1.82, 2.24) is 10.2 Å². The summed E-state index contributed by atoms with van der Waals surface area (Å²) in [5.74, 6) is 3.08. The lowest BCUT2D eigenvalue weighted by Gasteiger charge is -2.44. The van der Waals surface area contributed by atoms with Crippen molar-refractivity contribution in [2.45, 2.75) is 58.4 Å². The molecule has 0 aromatic carbocycles. The van der Waals surface area contributed by atoms with Crippen LogP contribution in [0, 0.1) is 11.8 Å². The summed E-state index contributed by atoms with van der Waals surface area (Å²) >= 11 is 0. The number of methoxy groups -OCH3 is 1. The number of allylic oxidation sites excluding steroid dienone is 1. The maximum Gasteiger partial charge on any atom is 0.128 e. The summed E-state index contributed by atoms with van der Waals surface area (Å²) in [6, 6.07) is 0.0212. The van der Waals surface area contributed by atoms with E-state index in [9.17, 15) is 0 Å². The van der Waals surface area contributed by atoms with Crippen molar-refractivity contribution in [3.05, 3.63) is 34.8 Å². The summed E-state index contributed by atoms with van der Waals surface area (Å²) in [5.41, 5.74) is 10.2. The number of aliphatic imine (C=N–C) groups is 1. The Hall–Kier alpha value is -1.32. The molecule has 2 aliphatic heterocycles. The molecule has 5 atom stereocenters. The fraction of sp³-hybridized carbons (Fsp3) is 0.667. The third-order valence-corrected chi connectivity index (χ3v) is 5.98. The van der Waals surface area contributed by atoms with Gasteiger partial charge in [-0.3, -0.25) is 4.99 Å². The Bertz CT molecular complexity index is 684. The largest absolute Gasteiger partial charge is 0.497 e. The van der Waals surface area contributed by atoms with Crippen molar-refractivity contribution in [1.29, 1.82) is 0 Å². The maximum absolute atomic E-state index is 6.50. The van der Waals surface area contributed by atoms with E-state index in [0.717, 1.165) is 36.2 Å². The van der Waals surface area contributed by atoms with Gasteiger partial charge in [0.15, 0.2) is 0 Å². The van der Waals surface area contributed by atoms with Crippen LogP contribution < -0.4 is 11.1 Å². The summed E-state index contributed by atoms with van der Waals surface area (Å²) in [6.07, 6.45) is 6.79. The maximum atomic E-state index is 6.50. The van der Waals surface area contributed by atoms with Crippen molar-refractivity contribution in [3.63, 3.8) is 0 Å².